The summed E-state index contributed by atoms with van der Waals surface area (Å²) in [6.07, 6.45) is 5.23. The van der Waals surface area contributed by atoms with Crippen LogP contribution >= 0.6 is 0 Å². The molecule has 92 valence electrons. The van der Waals surface area contributed by atoms with Crippen LogP contribution in [0.25, 0.3) is 0 Å². The van der Waals surface area contributed by atoms with Crippen LogP contribution in [0.4, 0.5) is 0 Å². The van der Waals surface area contributed by atoms with Gasteiger partial charge < -0.3 is 10.1 Å². The minimum atomic E-state index is 0.423. The first-order valence-electron chi connectivity index (χ1n) is 6.49. The van der Waals surface area contributed by atoms with Gasteiger partial charge in [0, 0.05) is 6.61 Å². The summed E-state index contributed by atoms with van der Waals surface area (Å²) >= 11 is 0. The third-order valence-electron chi connectivity index (χ3n) is 2.49. The van der Waals surface area contributed by atoms with Gasteiger partial charge in [-0.1, -0.05) is 20.8 Å². The first-order valence-corrected chi connectivity index (χ1v) is 6.49. The van der Waals surface area contributed by atoms with E-state index in [9.17, 15) is 0 Å². The van der Waals surface area contributed by atoms with Gasteiger partial charge in [-0.25, -0.2) is 0 Å². The van der Waals surface area contributed by atoms with Gasteiger partial charge >= 0.3 is 0 Å². The highest BCUT2D eigenvalue weighted by atomic mass is 16.5. The van der Waals surface area contributed by atoms with Crippen LogP contribution in [0.2, 0.25) is 0 Å². The van der Waals surface area contributed by atoms with Gasteiger partial charge in [0.05, 0.1) is 6.10 Å². The predicted molar refractivity (Wildman–Crippen MR) is 67.3 cm³/mol. The van der Waals surface area contributed by atoms with Crippen molar-refractivity contribution in [3.05, 3.63) is 0 Å². The van der Waals surface area contributed by atoms with Gasteiger partial charge in [0.2, 0.25) is 0 Å². The van der Waals surface area contributed by atoms with E-state index in [1.165, 1.54) is 25.7 Å². The summed E-state index contributed by atoms with van der Waals surface area (Å²) in [7, 11) is 0. The molecule has 0 aromatic rings. The number of ether oxygens (including phenoxy) is 1. The topological polar surface area (TPSA) is 21.3 Å². The number of hydrogen-bond donors (Lipinski definition) is 1. The second kappa shape index (κ2) is 10.4. The zero-order valence-corrected chi connectivity index (χ0v) is 11.0. The van der Waals surface area contributed by atoms with E-state index in [1.54, 1.807) is 0 Å². The Labute approximate surface area is 95.8 Å². The number of hydrogen-bond acceptors (Lipinski definition) is 2. The minimum absolute atomic E-state index is 0.423. The molecule has 0 aliphatic heterocycles. The lowest BCUT2D eigenvalue weighted by Gasteiger charge is -2.14. The predicted octanol–water partition coefficient (Wildman–Crippen LogP) is 3.22. The molecule has 15 heavy (non-hydrogen) atoms. The van der Waals surface area contributed by atoms with Crippen molar-refractivity contribution in [2.45, 2.75) is 59.5 Å². The van der Waals surface area contributed by atoms with Crippen molar-refractivity contribution >= 4 is 0 Å². The van der Waals surface area contributed by atoms with Crippen LogP contribution in [0.15, 0.2) is 0 Å². The Balaban J connectivity index is 3.15. The van der Waals surface area contributed by atoms with Crippen LogP contribution in [-0.4, -0.2) is 25.8 Å². The maximum Gasteiger partial charge on any atom is 0.0547 e. The summed E-state index contributed by atoms with van der Waals surface area (Å²) in [6.45, 7) is 12.0. The SMILES string of the molecule is CCCNCCCC(C)OCCC(C)C. The molecule has 0 rings (SSSR count). The van der Waals surface area contributed by atoms with Crippen molar-refractivity contribution < 1.29 is 4.74 Å². The van der Waals surface area contributed by atoms with Gasteiger partial charge in [-0.2, -0.15) is 0 Å². The van der Waals surface area contributed by atoms with Crippen molar-refractivity contribution in [2.75, 3.05) is 19.7 Å². The highest BCUT2D eigenvalue weighted by Gasteiger charge is 2.02. The Morgan fingerprint density at radius 2 is 1.80 bits per heavy atom. The Morgan fingerprint density at radius 1 is 1.07 bits per heavy atom. The van der Waals surface area contributed by atoms with E-state index in [0.717, 1.165) is 25.6 Å². The Hall–Kier alpha value is -0.0800. The molecule has 0 aromatic carbocycles. The first kappa shape index (κ1) is 14.9. The second-order valence-corrected chi connectivity index (χ2v) is 4.76. The van der Waals surface area contributed by atoms with Crippen LogP contribution in [0.3, 0.4) is 0 Å². The molecule has 0 spiro atoms. The summed E-state index contributed by atoms with van der Waals surface area (Å²) in [6, 6.07) is 0. The zero-order chi connectivity index (χ0) is 11.5. The molecule has 0 radical (unpaired) electrons. The second-order valence-electron chi connectivity index (χ2n) is 4.76. The normalized spacial score (nSPS) is 13.4. The Bertz CT molecular complexity index is 126. The fourth-order valence-electron chi connectivity index (χ4n) is 1.40. The lowest BCUT2D eigenvalue weighted by atomic mass is 10.1. The molecule has 2 nitrogen and oxygen atoms in total. The zero-order valence-electron chi connectivity index (χ0n) is 11.0. The lowest BCUT2D eigenvalue weighted by Crippen LogP contribution is -2.18. The fraction of sp³-hybridized carbons (Fsp3) is 1.00. The molecule has 0 amide bonds. The maximum absolute atomic E-state index is 5.73. The average molecular weight is 215 g/mol. The summed E-state index contributed by atoms with van der Waals surface area (Å²) < 4.78 is 5.73. The monoisotopic (exact) mass is 215 g/mol. The van der Waals surface area contributed by atoms with Crippen LogP contribution in [0.5, 0.6) is 0 Å². The van der Waals surface area contributed by atoms with Crippen molar-refractivity contribution in [3.63, 3.8) is 0 Å². The summed E-state index contributed by atoms with van der Waals surface area (Å²) in [4.78, 5) is 0. The average Bonchev–Trinajstić information content (AvgIpc) is 2.17. The molecule has 1 atom stereocenters. The van der Waals surface area contributed by atoms with E-state index in [-0.39, 0.29) is 0 Å². The molecular formula is C13H29NO. The molecule has 0 bridgehead atoms. The van der Waals surface area contributed by atoms with E-state index in [0.29, 0.717) is 6.10 Å². The molecular weight excluding hydrogens is 186 g/mol. The maximum atomic E-state index is 5.73. The van der Waals surface area contributed by atoms with Gasteiger partial charge in [-0.3, -0.25) is 0 Å². The highest BCUT2D eigenvalue weighted by molar-refractivity contribution is 4.54. The van der Waals surface area contributed by atoms with Gasteiger partial charge in [0.1, 0.15) is 0 Å². The van der Waals surface area contributed by atoms with Crippen LogP contribution < -0.4 is 5.32 Å². The summed E-state index contributed by atoms with van der Waals surface area (Å²) in [5.41, 5.74) is 0. The van der Waals surface area contributed by atoms with Gasteiger partial charge in [0.25, 0.3) is 0 Å². The molecule has 1 unspecified atom stereocenters. The van der Waals surface area contributed by atoms with Crippen molar-refractivity contribution in [1.82, 2.24) is 5.32 Å². The summed E-state index contributed by atoms with van der Waals surface area (Å²) in [5, 5.41) is 3.41. The van der Waals surface area contributed by atoms with Crippen LogP contribution in [-0.2, 0) is 4.74 Å². The Morgan fingerprint density at radius 3 is 2.40 bits per heavy atom. The van der Waals surface area contributed by atoms with E-state index < -0.39 is 0 Å². The molecule has 0 aliphatic carbocycles. The minimum Gasteiger partial charge on any atom is -0.378 e. The summed E-state index contributed by atoms with van der Waals surface area (Å²) in [5.74, 6) is 0.753. The number of nitrogens with one attached hydrogen (secondary N) is 1. The highest BCUT2D eigenvalue weighted by Crippen LogP contribution is 2.05. The third-order valence-corrected chi connectivity index (χ3v) is 2.49. The van der Waals surface area contributed by atoms with Crippen molar-refractivity contribution in [3.8, 4) is 0 Å². The smallest absolute Gasteiger partial charge is 0.0547 e. The quantitative estimate of drug-likeness (QED) is 0.565. The van der Waals surface area contributed by atoms with Crippen molar-refractivity contribution in [1.29, 1.82) is 0 Å². The van der Waals surface area contributed by atoms with Crippen LogP contribution in [0.1, 0.15) is 53.4 Å². The van der Waals surface area contributed by atoms with E-state index >= 15 is 0 Å². The lowest BCUT2D eigenvalue weighted by molar-refractivity contribution is 0.0521. The Kier molecular flexibility index (Phi) is 10.4. The molecule has 0 aromatic heterocycles. The first-order chi connectivity index (χ1) is 7.16. The molecule has 1 N–H and O–H groups in total. The largest absolute Gasteiger partial charge is 0.378 e. The third kappa shape index (κ3) is 11.8. The van der Waals surface area contributed by atoms with Gasteiger partial charge in [-0.15, -0.1) is 0 Å². The van der Waals surface area contributed by atoms with E-state index in [4.69, 9.17) is 4.74 Å². The molecule has 0 saturated heterocycles. The molecule has 0 fully saturated rings. The molecule has 0 heterocycles. The standard InChI is InChI=1S/C13H29NO/c1-5-9-14-10-6-7-13(4)15-11-8-12(2)3/h12-14H,5-11H2,1-4H3. The van der Waals surface area contributed by atoms with Crippen molar-refractivity contribution in [2.24, 2.45) is 5.92 Å². The fourth-order valence-corrected chi connectivity index (χ4v) is 1.40. The van der Waals surface area contributed by atoms with E-state index in [2.05, 4.69) is 33.0 Å². The van der Waals surface area contributed by atoms with Gasteiger partial charge in [-0.05, 0) is 51.6 Å². The molecule has 0 saturated carbocycles. The van der Waals surface area contributed by atoms with Crippen LogP contribution in [0, 0.1) is 5.92 Å². The number of rotatable bonds is 10. The molecule has 0 aliphatic rings. The molecule has 2 heteroatoms. The van der Waals surface area contributed by atoms with Gasteiger partial charge in [0.15, 0.2) is 0 Å². The van der Waals surface area contributed by atoms with E-state index in [1.807, 2.05) is 0 Å².